The van der Waals surface area contributed by atoms with E-state index in [0.29, 0.717) is 22.9 Å². The molecule has 0 aliphatic carbocycles. The highest BCUT2D eigenvalue weighted by Crippen LogP contribution is 2.31. The van der Waals surface area contributed by atoms with E-state index in [2.05, 4.69) is 0 Å². The smallest absolute Gasteiger partial charge is 0.142 e. The van der Waals surface area contributed by atoms with Gasteiger partial charge in [-0.3, -0.25) is 0 Å². The van der Waals surface area contributed by atoms with Crippen molar-refractivity contribution in [2.45, 2.75) is 25.8 Å². The first-order valence-electron chi connectivity index (χ1n) is 6.66. The van der Waals surface area contributed by atoms with E-state index in [4.69, 9.17) is 33.7 Å². The fourth-order valence-electron chi connectivity index (χ4n) is 1.90. The molecule has 5 heteroatoms. The van der Waals surface area contributed by atoms with Gasteiger partial charge in [0.15, 0.2) is 0 Å². The van der Waals surface area contributed by atoms with Gasteiger partial charge in [-0.1, -0.05) is 30.1 Å². The van der Waals surface area contributed by atoms with Crippen molar-refractivity contribution in [3.05, 3.63) is 57.8 Å². The number of rotatable bonds is 5. The molecule has 1 unspecified atom stereocenters. The van der Waals surface area contributed by atoms with Crippen LogP contribution in [-0.2, 0) is 6.42 Å². The van der Waals surface area contributed by atoms with Crippen molar-refractivity contribution in [3.8, 4) is 11.5 Å². The molecule has 0 fully saturated rings. The molecular formula is C16H16Cl2FNO. The number of hydrogen-bond donors (Lipinski definition) is 1. The molecule has 2 N–H and O–H groups in total. The van der Waals surface area contributed by atoms with Gasteiger partial charge in [0.2, 0.25) is 0 Å². The third-order valence-corrected chi connectivity index (χ3v) is 3.67. The van der Waals surface area contributed by atoms with E-state index in [-0.39, 0.29) is 11.1 Å². The van der Waals surface area contributed by atoms with Gasteiger partial charge in [-0.15, -0.1) is 0 Å². The van der Waals surface area contributed by atoms with Gasteiger partial charge in [0, 0.05) is 17.1 Å². The van der Waals surface area contributed by atoms with Gasteiger partial charge in [0.25, 0.3) is 0 Å². The average Bonchev–Trinajstić information content (AvgIpc) is 2.45. The lowest BCUT2D eigenvalue weighted by molar-refractivity contribution is 0.470. The monoisotopic (exact) mass is 327 g/mol. The second-order valence-corrected chi connectivity index (χ2v) is 5.65. The Labute approximate surface area is 133 Å². The summed E-state index contributed by atoms with van der Waals surface area (Å²) in [4.78, 5) is 0. The quantitative estimate of drug-likeness (QED) is 0.818. The molecule has 0 saturated carbocycles. The van der Waals surface area contributed by atoms with Crippen LogP contribution in [0.3, 0.4) is 0 Å². The molecule has 112 valence electrons. The normalized spacial score (nSPS) is 12.2. The molecule has 0 radical (unpaired) electrons. The standard InChI is InChI=1S/C16H16Cl2FNO/c1-2-12(20)8-10-7-11(17)3-6-16(10)21-13-4-5-15(19)14(18)9-13/h3-7,9,12H,2,8,20H2,1H3. The van der Waals surface area contributed by atoms with Crippen LogP contribution in [0.4, 0.5) is 4.39 Å². The Morgan fingerprint density at radius 2 is 1.95 bits per heavy atom. The third-order valence-electron chi connectivity index (χ3n) is 3.15. The predicted octanol–water partition coefficient (Wildman–Crippen LogP) is 5.20. The largest absolute Gasteiger partial charge is 0.457 e. The van der Waals surface area contributed by atoms with Crippen molar-refractivity contribution in [3.63, 3.8) is 0 Å². The van der Waals surface area contributed by atoms with Crippen molar-refractivity contribution in [2.24, 2.45) is 5.73 Å². The van der Waals surface area contributed by atoms with Crippen LogP contribution in [0.1, 0.15) is 18.9 Å². The van der Waals surface area contributed by atoms with Gasteiger partial charge < -0.3 is 10.5 Å². The number of ether oxygens (including phenoxy) is 1. The summed E-state index contributed by atoms with van der Waals surface area (Å²) in [5.41, 5.74) is 6.91. The van der Waals surface area contributed by atoms with Gasteiger partial charge in [-0.05, 0) is 48.7 Å². The third kappa shape index (κ3) is 4.34. The Morgan fingerprint density at radius 3 is 2.62 bits per heavy atom. The molecular weight excluding hydrogens is 312 g/mol. The van der Waals surface area contributed by atoms with Gasteiger partial charge in [0.1, 0.15) is 17.3 Å². The summed E-state index contributed by atoms with van der Waals surface area (Å²) >= 11 is 11.8. The van der Waals surface area contributed by atoms with Crippen molar-refractivity contribution in [1.29, 1.82) is 0 Å². The van der Waals surface area contributed by atoms with E-state index in [1.807, 2.05) is 13.0 Å². The first-order valence-corrected chi connectivity index (χ1v) is 7.42. The molecule has 0 bridgehead atoms. The summed E-state index contributed by atoms with van der Waals surface area (Å²) in [6, 6.07) is 9.61. The molecule has 0 heterocycles. The summed E-state index contributed by atoms with van der Waals surface area (Å²) < 4.78 is 18.9. The number of halogens is 3. The van der Waals surface area contributed by atoms with E-state index in [9.17, 15) is 4.39 Å². The van der Waals surface area contributed by atoms with Gasteiger partial charge in [-0.2, -0.15) is 0 Å². The minimum atomic E-state index is -0.478. The molecule has 21 heavy (non-hydrogen) atoms. The van der Waals surface area contributed by atoms with Crippen LogP contribution in [-0.4, -0.2) is 6.04 Å². The molecule has 0 aliphatic heterocycles. The lowest BCUT2D eigenvalue weighted by atomic mass is 10.0. The minimum absolute atomic E-state index is 0.0215. The maximum atomic E-state index is 13.2. The van der Waals surface area contributed by atoms with E-state index < -0.39 is 5.82 Å². The van der Waals surface area contributed by atoms with Crippen LogP contribution in [0.25, 0.3) is 0 Å². The van der Waals surface area contributed by atoms with Crippen LogP contribution in [0.2, 0.25) is 10.0 Å². The lowest BCUT2D eigenvalue weighted by Crippen LogP contribution is -2.21. The zero-order valence-corrected chi connectivity index (χ0v) is 13.1. The molecule has 0 amide bonds. The lowest BCUT2D eigenvalue weighted by Gasteiger charge is -2.15. The van der Waals surface area contributed by atoms with Crippen LogP contribution in [0.15, 0.2) is 36.4 Å². The number of hydrogen-bond acceptors (Lipinski definition) is 2. The predicted molar refractivity (Wildman–Crippen MR) is 84.9 cm³/mol. The molecule has 2 aromatic carbocycles. The molecule has 2 nitrogen and oxygen atoms in total. The number of nitrogens with two attached hydrogens (primary N) is 1. The fraction of sp³-hybridized carbons (Fsp3) is 0.250. The number of benzene rings is 2. The second kappa shape index (κ2) is 7.12. The van der Waals surface area contributed by atoms with Crippen LogP contribution in [0, 0.1) is 5.82 Å². The van der Waals surface area contributed by atoms with E-state index in [0.717, 1.165) is 12.0 Å². The van der Waals surface area contributed by atoms with E-state index in [1.54, 1.807) is 12.1 Å². The molecule has 1 atom stereocenters. The Balaban J connectivity index is 2.28. The van der Waals surface area contributed by atoms with Crippen molar-refractivity contribution < 1.29 is 9.13 Å². The summed E-state index contributed by atoms with van der Waals surface area (Å²) in [6.07, 6.45) is 1.51. The molecule has 0 aromatic heterocycles. The Morgan fingerprint density at radius 1 is 1.19 bits per heavy atom. The van der Waals surface area contributed by atoms with Crippen LogP contribution in [0.5, 0.6) is 11.5 Å². The minimum Gasteiger partial charge on any atom is -0.457 e. The van der Waals surface area contributed by atoms with Crippen LogP contribution >= 0.6 is 23.2 Å². The first-order chi connectivity index (χ1) is 9.99. The molecule has 0 spiro atoms. The topological polar surface area (TPSA) is 35.2 Å². The molecule has 2 aromatic rings. The Hall–Kier alpha value is -1.29. The fourth-order valence-corrected chi connectivity index (χ4v) is 2.27. The zero-order chi connectivity index (χ0) is 15.4. The average molecular weight is 328 g/mol. The maximum absolute atomic E-state index is 13.2. The van der Waals surface area contributed by atoms with Gasteiger partial charge in [-0.25, -0.2) is 4.39 Å². The van der Waals surface area contributed by atoms with Crippen molar-refractivity contribution in [2.75, 3.05) is 0 Å². The summed E-state index contributed by atoms with van der Waals surface area (Å²) in [7, 11) is 0. The zero-order valence-electron chi connectivity index (χ0n) is 11.6. The molecule has 0 aliphatic rings. The summed E-state index contributed by atoms with van der Waals surface area (Å²) in [5.74, 6) is 0.634. The van der Waals surface area contributed by atoms with Gasteiger partial charge in [0.05, 0.1) is 5.02 Å². The Kier molecular flexibility index (Phi) is 5.45. The highest BCUT2D eigenvalue weighted by atomic mass is 35.5. The van der Waals surface area contributed by atoms with Crippen LogP contribution < -0.4 is 10.5 Å². The summed E-state index contributed by atoms with van der Waals surface area (Å²) in [6.45, 7) is 2.02. The van der Waals surface area contributed by atoms with E-state index in [1.165, 1.54) is 18.2 Å². The van der Waals surface area contributed by atoms with Gasteiger partial charge >= 0.3 is 0 Å². The highest BCUT2D eigenvalue weighted by Gasteiger charge is 2.11. The van der Waals surface area contributed by atoms with Crippen molar-refractivity contribution in [1.82, 2.24) is 0 Å². The molecule has 2 rings (SSSR count). The maximum Gasteiger partial charge on any atom is 0.142 e. The van der Waals surface area contributed by atoms with Crippen molar-refractivity contribution >= 4 is 23.2 Å². The Bertz CT molecular complexity index is 634. The summed E-state index contributed by atoms with van der Waals surface area (Å²) in [5, 5.41) is 0.645. The first kappa shape index (κ1) is 16.1. The molecule has 0 saturated heterocycles. The highest BCUT2D eigenvalue weighted by molar-refractivity contribution is 6.31. The second-order valence-electron chi connectivity index (χ2n) is 4.80. The van der Waals surface area contributed by atoms with E-state index >= 15 is 0 Å². The SMILES string of the molecule is CCC(N)Cc1cc(Cl)ccc1Oc1ccc(F)c(Cl)c1.